The average Bonchev–Trinajstić information content (AvgIpc) is 2.47. The fourth-order valence-electron chi connectivity index (χ4n) is 2.55. The summed E-state index contributed by atoms with van der Waals surface area (Å²) in [5.41, 5.74) is 1.61. The van der Waals surface area contributed by atoms with Crippen LogP contribution in [0.1, 0.15) is 12.0 Å². The highest BCUT2D eigenvalue weighted by Gasteiger charge is 2.27. The summed E-state index contributed by atoms with van der Waals surface area (Å²) in [7, 11) is -3.43. The molecule has 1 fully saturated rings. The van der Waals surface area contributed by atoms with E-state index in [0.717, 1.165) is 11.3 Å². The molecule has 7 heteroatoms. The molecule has 2 heterocycles. The van der Waals surface area contributed by atoms with E-state index in [2.05, 4.69) is 10.6 Å². The van der Waals surface area contributed by atoms with Crippen LogP contribution in [0.2, 0.25) is 0 Å². The third-order valence-electron chi connectivity index (χ3n) is 3.69. The monoisotopic (exact) mass is 295 g/mol. The molecule has 0 aromatic heterocycles. The predicted molar refractivity (Wildman–Crippen MR) is 75.0 cm³/mol. The van der Waals surface area contributed by atoms with Gasteiger partial charge in [-0.3, -0.25) is 4.79 Å². The van der Waals surface area contributed by atoms with Crippen LogP contribution in [0.4, 0.5) is 5.69 Å². The summed E-state index contributed by atoms with van der Waals surface area (Å²) in [6.45, 7) is 2.35. The van der Waals surface area contributed by atoms with Crippen LogP contribution in [0.15, 0.2) is 23.1 Å². The lowest BCUT2D eigenvalue weighted by Gasteiger charge is -2.27. The van der Waals surface area contributed by atoms with Crippen LogP contribution in [0.25, 0.3) is 0 Å². The Morgan fingerprint density at radius 3 is 2.60 bits per heavy atom. The molecule has 1 amide bonds. The van der Waals surface area contributed by atoms with Gasteiger partial charge in [-0.25, -0.2) is 8.42 Å². The number of fused-ring (bicyclic) bond motifs is 1. The molecule has 0 unspecified atom stereocenters. The minimum atomic E-state index is -3.43. The number of carbonyl (C=O) groups excluding carboxylic acids is 1. The Bertz CT molecular complexity index is 636. The highest BCUT2D eigenvalue weighted by Crippen LogP contribution is 2.27. The van der Waals surface area contributed by atoms with Gasteiger partial charge in [-0.2, -0.15) is 4.31 Å². The fraction of sp³-hybridized carbons (Fsp3) is 0.462. The molecule has 0 spiro atoms. The van der Waals surface area contributed by atoms with E-state index in [0.29, 0.717) is 43.9 Å². The van der Waals surface area contributed by atoms with E-state index in [9.17, 15) is 13.2 Å². The predicted octanol–water partition coefficient (Wildman–Crippen LogP) is 0.165. The van der Waals surface area contributed by atoms with Crippen molar-refractivity contribution in [2.75, 3.05) is 31.5 Å². The molecule has 1 aromatic rings. The van der Waals surface area contributed by atoms with Crippen molar-refractivity contribution < 1.29 is 13.2 Å². The first-order valence-electron chi connectivity index (χ1n) is 6.71. The third kappa shape index (κ3) is 2.44. The van der Waals surface area contributed by atoms with E-state index in [-0.39, 0.29) is 5.91 Å². The molecule has 0 bridgehead atoms. The maximum atomic E-state index is 12.5. The Labute approximate surface area is 118 Å². The summed E-state index contributed by atoms with van der Waals surface area (Å²) in [5, 5.41) is 5.90. The van der Waals surface area contributed by atoms with E-state index >= 15 is 0 Å². The van der Waals surface area contributed by atoms with Gasteiger partial charge < -0.3 is 10.6 Å². The molecule has 2 aliphatic rings. The molecule has 0 radical (unpaired) electrons. The molecular formula is C13H17N3O3S. The number of hydrogen-bond acceptors (Lipinski definition) is 4. The number of amides is 1. The van der Waals surface area contributed by atoms with Gasteiger partial charge >= 0.3 is 0 Å². The molecule has 1 saturated heterocycles. The topological polar surface area (TPSA) is 78.5 Å². The van der Waals surface area contributed by atoms with Crippen LogP contribution in [-0.2, 0) is 21.2 Å². The number of aryl methyl sites for hydroxylation is 1. The summed E-state index contributed by atoms with van der Waals surface area (Å²) in [5.74, 6) is -0.0183. The smallest absolute Gasteiger partial charge is 0.243 e. The number of rotatable bonds is 2. The summed E-state index contributed by atoms with van der Waals surface area (Å²) in [4.78, 5) is 11.6. The molecule has 3 rings (SSSR count). The first-order chi connectivity index (χ1) is 9.57. The zero-order valence-corrected chi connectivity index (χ0v) is 11.9. The Kier molecular flexibility index (Phi) is 3.49. The summed E-state index contributed by atoms with van der Waals surface area (Å²) >= 11 is 0. The van der Waals surface area contributed by atoms with Crippen LogP contribution in [0.5, 0.6) is 0 Å². The van der Waals surface area contributed by atoms with Crippen molar-refractivity contribution in [2.45, 2.75) is 17.7 Å². The molecule has 108 valence electrons. The van der Waals surface area contributed by atoms with Crippen LogP contribution in [-0.4, -0.2) is 44.8 Å². The third-order valence-corrected chi connectivity index (χ3v) is 5.58. The molecular weight excluding hydrogens is 278 g/mol. The number of sulfonamides is 1. The van der Waals surface area contributed by atoms with Crippen LogP contribution in [0, 0.1) is 0 Å². The van der Waals surface area contributed by atoms with Crippen molar-refractivity contribution in [1.82, 2.24) is 9.62 Å². The summed E-state index contributed by atoms with van der Waals surface area (Å²) < 4.78 is 26.6. The van der Waals surface area contributed by atoms with Gasteiger partial charge in [0.1, 0.15) is 0 Å². The Hall–Kier alpha value is -1.44. The lowest BCUT2D eigenvalue weighted by Crippen LogP contribution is -2.46. The number of carbonyl (C=O) groups is 1. The number of piperazine rings is 1. The van der Waals surface area contributed by atoms with Gasteiger partial charge in [0, 0.05) is 38.3 Å². The van der Waals surface area contributed by atoms with Crippen LogP contribution >= 0.6 is 0 Å². The molecule has 20 heavy (non-hydrogen) atoms. The first kappa shape index (κ1) is 13.5. The minimum Gasteiger partial charge on any atom is -0.326 e. The van der Waals surface area contributed by atoms with Gasteiger partial charge in [0.25, 0.3) is 0 Å². The van der Waals surface area contributed by atoms with Gasteiger partial charge in [0.2, 0.25) is 15.9 Å². The average molecular weight is 295 g/mol. The zero-order chi connectivity index (χ0) is 14.2. The van der Waals surface area contributed by atoms with Crippen LogP contribution in [0.3, 0.4) is 0 Å². The molecule has 2 N–H and O–H groups in total. The second-order valence-corrected chi connectivity index (χ2v) is 6.96. The van der Waals surface area contributed by atoms with E-state index in [1.807, 2.05) is 0 Å². The van der Waals surface area contributed by atoms with Gasteiger partial charge in [0.15, 0.2) is 0 Å². The number of nitrogens with one attached hydrogen (secondary N) is 2. The molecule has 2 aliphatic heterocycles. The Balaban J connectivity index is 1.92. The molecule has 1 aromatic carbocycles. The van der Waals surface area contributed by atoms with Gasteiger partial charge in [-0.1, -0.05) is 0 Å². The standard InChI is InChI=1S/C13H17N3O3S/c17-13-4-1-10-9-11(2-3-12(10)15-13)20(18,19)16-7-5-14-6-8-16/h2-3,9,14H,1,4-8H2,(H,15,17). The van der Waals surface area contributed by atoms with Gasteiger partial charge in [-0.15, -0.1) is 0 Å². The summed E-state index contributed by atoms with van der Waals surface area (Å²) in [6.07, 6.45) is 0.996. The molecule has 0 aliphatic carbocycles. The minimum absolute atomic E-state index is 0.0183. The Morgan fingerprint density at radius 1 is 1.10 bits per heavy atom. The maximum absolute atomic E-state index is 12.5. The SMILES string of the molecule is O=C1CCc2cc(S(=O)(=O)N3CCNCC3)ccc2N1. The molecule has 0 saturated carbocycles. The molecule has 0 atom stereocenters. The number of benzene rings is 1. The largest absolute Gasteiger partial charge is 0.326 e. The van der Waals surface area contributed by atoms with Crippen molar-refractivity contribution in [1.29, 1.82) is 0 Å². The van der Waals surface area contributed by atoms with Crippen molar-refractivity contribution in [3.8, 4) is 0 Å². The normalized spacial score (nSPS) is 20.3. The van der Waals surface area contributed by atoms with Crippen molar-refractivity contribution in [3.05, 3.63) is 23.8 Å². The number of hydrogen-bond donors (Lipinski definition) is 2. The maximum Gasteiger partial charge on any atom is 0.243 e. The van der Waals surface area contributed by atoms with Crippen molar-refractivity contribution >= 4 is 21.6 Å². The van der Waals surface area contributed by atoms with E-state index < -0.39 is 10.0 Å². The van der Waals surface area contributed by atoms with Crippen molar-refractivity contribution in [2.24, 2.45) is 0 Å². The Morgan fingerprint density at radius 2 is 1.85 bits per heavy atom. The fourth-order valence-corrected chi connectivity index (χ4v) is 4.05. The second-order valence-electron chi connectivity index (χ2n) is 5.02. The van der Waals surface area contributed by atoms with Gasteiger partial charge in [0.05, 0.1) is 4.90 Å². The second kappa shape index (κ2) is 5.16. The molecule has 6 nitrogen and oxygen atoms in total. The lowest BCUT2D eigenvalue weighted by atomic mass is 10.0. The van der Waals surface area contributed by atoms with E-state index in [1.54, 1.807) is 18.2 Å². The van der Waals surface area contributed by atoms with E-state index in [1.165, 1.54) is 4.31 Å². The zero-order valence-electron chi connectivity index (χ0n) is 11.1. The highest BCUT2D eigenvalue weighted by atomic mass is 32.2. The van der Waals surface area contributed by atoms with Crippen molar-refractivity contribution in [3.63, 3.8) is 0 Å². The van der Waals surface area contributed by atoms with E-state index in [4.69, 9.17) is 0 Å². The number of nitrogens with zero attached hydrogens (tertiary/aromatic N) is 1. The highest BCUT2D eigenvalue weighted by molar-refractivity contribution is 7.89. The quantitative estimate of drug-likeness (QED) is 0.815. The van der Waals surface area contributed by atoms with Crippen LogP contribution < -0.4 is 10.6 Å². The van der Waals surface area contributed by atoms with Gasteiger partial charge in [-0.05, 0) is 30.2 Å². The number of anilines is 1. The summed E-state index contributed by atoms with van der Waals surface area (Å²) in [6, 6.07) is 4.94. The lowest BCUT2D eigenvalue weighted by molar-refractivity contribution is -0.116. The first-order valence-corrected chi connectivity index (χ1v) is 8.15.